The molecule has 0 saturated carbocycles. The van der Waals surface area contributed by atoms with Gasteiger partial charge < -0.3 is 14.5 Å². The number of nitrogens with zero attached hydrogens (tertiary/aromatic N) is 2. The number of imidazole rings is 1. The molecule has 1 amide bonds. The van der Waals surface area contributed by atoms with Gasteiger partial charge in [-0.1, -0.05) is 29.8 Å². The van der Waals surface area contributed by atoms with Gasteiger partial charge in [0, 0.05) is 17.4 Å². The Balaban J connectivity index is 1.52. The van der Waals surface area contributed by atoms with Crippen molar-refractivity contribution in [3.63, 3.8) is 0 Å². The van der Waals surface area contributed by atoms with Gasteiger partial charge in [0.1, 0.15) is 17.2 Å². The Bertz CT molecular complexity index is 1150. The summed E-state index contributed by atoms with van der Waals surface area (Å²) in [6, 6.07) is 17.1. The second-order valence-electron chi connectivity index (χ2n) is 6.13. The summed E-state index contributed by atoms with van der Waals surface area (Å²) in [5, 5.41) is 3.28. The van der Waals surface area contributed by atoms with Crippen molar-refractivity contribution >= 4 is 28.8 Å². The van der Waals surface area contributed by atoms with E-state index in [9.17, 15) is 9.18 Å². The number of para-hydroxylation sites is 1. The van der Waals surface area contributed by atoms with Gasteiger partial charge in [-0.15, -0.1) is 0 Å². The second kappa shape index (κ2) is 7.70. The Morgan fingerprint density at radius 2 is 1.93 bits per heavy atom. The van der Waals surface area contributed by atoms with Crippen molar-refractivity contribution < 1.29 is 13.9 Å². The normalized spacial score (nSPS) is 10.8. The summed E-state index contributed by atoms with van der Waals surface area (Å²) in [5.41, 5.74) is 1.55. The zero-order valence-electron chi connectivity index (χ0n) is 14.6. The number of anilines is 1. The Labute approximate surface area is 165 Å². The first-order valence-corrected chi connectivity index (χ1v) is 8.90. The topological polar surface area (TPSA) is 55.6 Å². The molecule has 0 atom stereocenters. The molecule has 4 aromatic rings. The molecule has 0 radical (unpaired) electrons. The van der Waals surface area contributed by atoms with Crippen LogP contribution < -0.4 is 10.1 Å². The number of ether oxygens (including phenoxy) is 1. The number of aromatic nitrogens is 2. The third kappa shape index (κ3) is 4.13. The molecule has 28 heavy (non-hydrogen) atoms. The van der Waals surface area contributed by atoms with Gasteiger partial charge in [0.25, 0.3) is 0 Å². The van der Waals surface area contributed by atoms with Crippen molar-refractivity contribution in [1.29, 1.82) is 0 Å². The number of amides is 1. The maximum atomic E-state index is 13.3. The molecule has 2 aromatic carbocycles. The largest absolute Gasteiger partial charge is 0.455 e. The van der Waals surface area contributed by atoms with Gasteiger partial charge >= 0.3 is 0 Å². The molecule has 5 nitrogen and oxygen atoms in total. The van der Waals surface area contributed by atoms with E-state index in [1.54, 1.807) is 34.9 Å². The molecule has 0 aliphatic heterocycles. The monoisotopic (exact) mass is 395 g/mol. The van der Waals surface area contributed by atoms with E-state index >= 15 is 0 Å². The Morgan fingerprint density at radius 1 is 1.11 bits per heavy atom. The maximum Gasteiger partial charge on any atom is 0.230 e. The Morgan fingerprint density at radius 3 is 2.75 bits per heavy atom. The molecule has 0 saturated heterocycles. The van der Waals surface area contributed by atoms with Crippen molar-refractivity contribution in [3.8, 4) is 11.5 Å². The van der Waals surface area contributed by atoms with Crippen LogP contribution in [0, 0.1) is 5.82 Å². The van der Waals surface area contributed by atoms with Crippen molar-refractivity contribution in [2.75, 3.05) is 5.32 Å². The van der Waals surface area contributed by atoms with Crippen LogP contribution in [0.15, 0.2) is 73.1 Å². The Kier molecular flexibility index (Phi) is 4.95. The van der Waals surface area contributed by atoms with Gasteiger partial charge in [0.15, 0.2) is 5.75 Å². The number of carbonyl (C=O) groups excluding carboxylic acids is 1. The van der Waals surface area contributed by atoms with Gasteiger partial charge in [-0.2, -0.15) is 0 Å². The summed E-state index contributed by atoms with van der Waals surface area (Å²) in [7, 11) is 0. The Hall–Kier alpha value is -3.38. The minimum absolute atomic E-state index is 0.0284. The van der Waals surface area contributed by atoms with Crippen molar-refractivity contribution in [2.24, 2.45) is 0 Å². The van der Waals surface area contributed by atoms with Crippen LogP contribution in [0.1, 0.15) is 5.69 Å². The lowest BCUT2D eigenvalue weighted by atomic mass is 10.2. The van der Waals surface area contributed by atoms with E-state index < -0.39 is 0 Å². The van der Waals surface area contributed by atoms with Crippen LogP contribution in [0.3, 0.4) is 0 Å². The molecule has 140 valence electrons. The molecule has 0 bridgehead atoms. The zero-order valence-corrected chi connectivity index (χ0v) is 15.4. The molecule has 2 aromatic heterocycles. The van der Waals surface area contributed by atoms with Crippen molar-refractivity contribution in [1.82, 2.24) is 9.38 Å². The number of fused-ring (bicyclic) bond motifs is 1. The quantitative estimate of drug-likeness (QED) is 0.511. The van der Waals surface area contributed by atoms with E-state index in [-0.39, 0.29) is 18.1 Å². The number of carbonyl (C=O) groups is 1. The first-order valence-electron chi connectivity index (χ1n) is 8.52. The van der Waals surface area contributed by atoms with E-state index in [0.29, 0.717) is 33.6 Å². The lowest BCUT2D eigenvalue weighted by molar-refractivity contribution is -0.115. The van der Waals surface area contributed by atoms with Crippen LogP contribution >= 0.6 is 11.6 Å². The molecule has 0 aliphatic carbocycles. The number of halogens is 2. The third-order valence-corrected chi connectivity index (χ3v) is 4.23. The van der Waals surface area contributed by atoms with E-state index in [1.165, 1.54) is 12.3 Å². The minimum Gasteiger partial charge on any atom is -0.455 e. The smallest absolute Gasteiger partial charge is 0.230 e. The molecule has 4 rings (SSSR count). The van der Waals surface area contributed by atoms with Crippen LogP contribution in [0.2, 0.25) is 5.02 Å². The minimum atomic E-state index is -0.373. The van der Waals surface area contributed by atoms with Crippen LogP contribution in [-0.4, -0.2) is 15.3 Å². The van der Waals surface area contributed by atoms with Gasteiger partial charge in [-0.05, 0) is 42.5 Å². The highest BCUT2D eigenvalue weighted by atomic mass is 35.5. The summed E-state index contributed by atoms with van der Waals surface area (Å²) in [5.74, 6) is 0.454. The lowest BCUT2D eigenvalue weighted by Gasteiger charge is -2.12. The van der Waals surface area contributed by atoms with Crippen LogP contribution in [-0.2, 0) is 11.2 Å². The van der Waals surface area contributed by atoms with Gasteiger partial charge in [-0.25, -0.2) is 9.37 Å². The standard InChI is InChI=1S/C21H15ClFN3O2/c22-14-6-8-19(28-17-4-2-1-3-5-17)18(10-14)25-21(27)11-16-13-26-12-15(23)7-9-20(26)24-16/h1-10,12-13H,11H2,(H,25,27). The van der Waals surface area contributed by atoms with E-state index in [1.807, 2.05) is 30.3 Å². The first kappa shape index (κ1) is 18.0. The molecular formula is C21H15ClFN3O2. The number of pyridine rings is 1. The molecule has 7 heteroatoms. The fourth-order valence-electron chi connectivity index (χ4n) is 2.77. The summed E-state index contributed by atoms with van der Waals surface area (Å²) >= 11 is 6.07. The molecule has 0 unspecified atom stereocenters. The number of hydrogen-bond donors (Lipinski definition) is 1. The summed E-state index contributed by atoms with van der Waals surface area (Å²) in [6.45, 7) is 0. The zero-order chi connectivity index (χ0) is 19.5. The third-order valence-electron chi connectivity index (χ3n) is 3.99. The number of rotatable bonds is 5. The molecule has 0 fully saturated rings. The van der Waals surface area contributed by atoms with E-state index in [0.717, 1.165) is 0 Å². The van der Waals surface area contributed by atoms with Gasteiger partial charge in [0.05, 0.1) is 17.8 Å². The molecule has 1 N–H and O–H groups in total. The number of hydrogen-bond acceptors (Lipinski definition) is 3. The molecule has 0 spiro atoms. The SMILES string of the molecule is O=C(Cc1cn2cc(F)ccc2n1)Nc1cc(Cl)ccc1Oc1ccccc1. The number of benzene rings is 2. The highest BCUT2D eigenvalue weighted by Crippen LogP contribution is 2.32. The van der Waals surface area contributed by atoms with Gasteiger partial charge in [-0.3, -0.25) is 4.79 Å². The van der Waals surface area contributed by atoms with Crippen LogP contribution in [0.5, 0.6) is 11.5 Å². The van der Waals surface area contributed by atoms with E-state index in [2.05, 4.69) is 10.3 Å². The summed E-state index contributed by atoms with van der Waals surface area (Å²) in [6.07, 6.45) is 2.96. The first-order chi connectivity index (χ1) is 13.6. The fraction of sp³-hybridized carbons (Fsp3) is 0.0476. The predicted molar refractivity (Wildman–Crippen MR) is 105 cm³/mol. The van der Waals surface area contributed by atoms with Crippen LogP contribution in [0.4, 0.5) is 10.1 Å². The highest BCUT2D eigenvalue weighted by molar-refractivity contribution is 6.31. The fourth-order valence-corrected chi connectivity index (χ4v) is 2.94. The average molecular weight is 396 g/mol. The maximum absolute atomic E-state index is 13.3. The summed E-state index contributed by atoms with van der Waals surface area (Å²) < 4.78 is 20.7. The van der Waals surface area contributed by atoms with Gasteiger partial charge in [0.2, 0.25) is 5.91 Å². The second-order valence-corrected chi connectivity index (χ2v) is 6.56. The average Bonchev–Trinajstić information content (AvgIpc) is 3.06. The van der Waals surface area contributed by atoms with Crippen LogP contribution in [0.25, 0.3) is 5.65 Å². The summed E-state index contributed by atoms with van der Waals surface area (Å²) in [4.78, 5) is 16.8. The highest BCUT2D eigenvalue weighted by Gasteiger charge is 2.13. The predicted octanol–water partition coefficient (Wildman–Crippen LogP) is 5.10. The molecular weight excluding hydrogens is 381 g/mol. The number of nitrogens with one attached hydrogen (secondary N) is 1. The molecule has 2 heterocycles. The van der Waals surface area contributed by atoms with E-state index in [4.69, 9.17) is 16.3 Å². The molecule has 0 aliphatic rings. The van der Waals surface area contributed by atoms with Crippen molar-refractivity contribution in [3.05, 3.63) is 89.6 Å². The van der Waals surface area contributed by atoms with Crippen molar-refractivity contribution in [2.45, 2.75) is 6.42 Å². The lowest BCUT2D eigenvalue weighted by Crippen LogP contribution is -2.15.